The van der Waals surface area contributed by atoms with Crippen molar-refractivity contribution in [1.82, 2.24) is 5.32 Å². The fourth-order valence-corrected chi connectivity index (χ4v) is 3.36. The molecule has 4 amide bonds. The Bertz CT molecular complexity index is 849. The number of hydrogen-bond donors (Lipinski definition) is 2. The molecule has 1 fully saturated rings. The molecule has 0 spiro atoms. The van der Waals surface area contributed by atoms with Gasteiger partial charge in [0.1, 0.15) is 0 Å². The maximum Gasteiger partial charge on any atom is 0.326 e. The zero-order chi connectivity index (χ0) is 17.4. The molecule has 1 saturated heterocycles. The molecule has 2 aliphatic heterocycles. The van der Waals surface area contributed by atoms with Crippen LogP contribution in [0.25, 0.3) is 0 Å². The number of amides is 4. The van der Waals surface area contributed by atoms with E-state index in [-0.39, 0.29) is 12.1 Å². The first-order valence-corrected chi connectivity index (χ1v) is 8.45. The van der Waals surface area contributed by atoms with E-state index in [9.17, 15) is 9.59 Å². The molecule has 0 unspecified atom stereocenters. The number of rotatable bonds is 2. The van der Waals surface area contributed by atoms with Crippen LogP contribution in [0.5, 0.6) is 0 Å². The molecular weight excluding hydrogens is 316 g/mol. The molecule has 0 saturated carbocycles. The van der Waals surface area contributed by atoms with Gasteiger partial charge in [0, 0.05) is 36.7 Å². The summed E-state index contributed by atoms with van der Waals surface area (Å²) in [6.07, 6.45) is 0.872. The first-order valence-electron chi connectivity index (χ1n) is 8.45. The van der Waals surface area contributed by atoms with Crippen molar-refractivity contribution >= 4 is 29.1 Å². The fourth-order valence-electron chi connectivity index (χ4n) is 3.36. The van der Waals surface area contributed by atoms with Crippen LogP contribution in [0.3, 0.4) is 0 Å². The summed E-state index contributed by atoms with van der Waals surface area (Å²) >= 11 is 0. The highest BCUT2D eigenvalue weighted by Gasteiger charge is 2.25. The van der Waals surface area contributed by atoms with E-state index in [1.807, 2.05) is 37.3 Å². The average Bonchev–Trinajstić information content (AvgIpc) is 3.20. The molecule has 25 heavy (non-hydrogen) atoms. The zero-order valence-corrected chi connectivity index (χ0v) is 14.1. The smallest absolute Gasteiger partial charge is 0.326 e. The van der Waals surface area contributed by atoms with Gasteiger partial charge in [-0.15, -0.1) is 0 Å². The normalized spacial score (nSPS) is 16.0. The number of anilines is 3. The van der Waals surface area contributed by atoms with Crippen LogP contribution in [0, 0.1) is 6.92 Å². The van der Waals surface area contributed by atoms with E-state index in [2.05, 4.69) is 22.8 Å². The highest BCUT2D eigenvalue weighted by Crippen LogP contribution is 2.30. The Morgan fingerprint density at radius 2 is 2.04 bits per heavy atom. The summed E-state index contributed by atoms with van der Waals surface area (Å²) in [5.41, 5.74) is 4.78. The van der Waals surface area contributed by atoms with Crippen molar-refractivity contribution < 1.29 is 9.59 Å². The van der Waals surface area contributed by atoms with Crippen LogP contribution >= 0.6 is 0 Å². The largest absolute Gasteiger partial charge is 0.336 e. The Balaban J connectivity index is 1.53. The molecular formula is C19H20N4O2. The van der Waals surface area contributed by atoms with Gasteiger partial charge in [-0.25, -0.2) is 9.59 Å². The van der Waals surface area contributed by atoms with Crippen LogP contribution in [0.15, 0.2) is 42.5 Å². The molecule has 6 nitrogen and oxygen atoms in total. The molecule has 0 bridgehead atoms. The Labute approximate surface area is 146 Å². The molecule has 2 aliphatic rings. The predicted octanol–water partition coefficient (Wildman–Crippen LogP) is 3.12. The van der Waals surface area contributed by atoms with Gasteiger partial charge >= 0.3 is 12.1 Å². The van der Waals surface area contributed by atoms with Crippen molar-refractivity contribution in [1.29, 1.82) is 0 Å². The molecule has 2 heterocycles. The Kier molecular flexibility index (Phi) is 3.80. The highest BCUT2D eigenvalue weighted by atomic mass is 16.2. The molecule has 2 N–H and O–H groups in total. The minimum absolute atomic E-state index is 0.104. The molecule has 0 aliphatic carbocycles. The van der Waals surface area contributed by atoms with Gasteiger partial charge in [0.05, 0.1) is 0 Å². The Hall–Kier alpha value is -3.02. The van der Waals surface area contributed by atoms with Crippen LogP contribution < -0.4 is 20.4 Å². The lowest BCUT2D eigenvalue weighted by Crippen LogP contribution is -2.33. The van der Waals surface area contributed by atoms with E-state index < -0.39 is 0 Å². The van der Waals surface area contributed by atoms with Gasteiger partial charge in [0.25, 0.3) is 0 Å². The number of carbonyl (C=O) groups excluding carboxylic acids is 2. The monoisotopic (exact) mass is 336 g/mol. The van der Waals surface area contributed by atoms with Crippen LogP contribution in [0.2, 0.25) is 0 Å². The first kappa shape index (κ1) is 15.5. The van der Waals surface area contributed by atoms with Gasteiger partial charge in [-0.05, 0) is 48.7 Å². The van der Waals surface area contributed by atoms with Gasteiger partial charge in [0.2, 0.25) is 0 Å². The number of benzene rings is 2. The molecule has 4 rings (SSSR count). The van der Waals surface area contributed by atoms with Gasteiger partial charge in [-0.1, -0.05) is 18.2 Å². The molecule has 0 radical (unpaired) electrons. The lowest BCUT2D eigenvalue weighted by atomic mass is 10.1. The molecule has 6 heteroatoms. The summed E-state index contributed by atoms with van der Waals surface area (Å²) in [5, 5.41) is 5.73. The van der Waals surface area contributed by atoms with Crippen molar-refractivity contribution in [3.8, 4) is 0 Å². The second kappa shape index (κ2) is 6.12. The average molecular weight is 336 g/mol. The van der Waals surface area contributed by atoms with E-state index in [0.717, 1.165) is 23.4 Å². The van der Waals surface area contributed by atoms with E-state index in [0.29, 0.717) is 25.3 Å². The van der Waals surface area contributed by atoms with Gasteiger partial charge in [-0.3, -0.25) is 9.80 Å². The van der Waals surface area contributed by atoms with E-state index in [1.54, 1.807) is 9.80 Å². The van der Waals surface area contributed by atoms with Crippen molar-refractivity contribution in [3.63, 3.8) is 0 Å². The van der Waals surface area contributed by atoms with Crippen LogP contribution in [-0.2, 0) is 6.42 Å². The predicted molar refractivity (Wildman–Crippen MR) is 98.4 cm³/mol. The summed E-state index contributed by atoms with van der Waals surface area (Å²) in [4.78, 5) is 28.0. The Morgan fingerprint density at radius 3 is 2.84 bits per heavy atom. The molecule has 2 aromatic carbocycles. The molecule has 2 aromatic rings. The zero-order valence-electron chi connectivity index (χ0n) is 14.1. The number of fused-ring (bicyclic) bond motifs is 1. The third kappa shape index (κ3) is 2.91. The summed E-state index contributed by atoms with van der Waals surface area (Å²) < 4.78 is 0. The number of urea groups is 2. The quantitative estimate of drug-likeness (QED) is 0.885. The van der Waals surface area contributed by atoms with Crippen LogP contribution in [0.1, 0.15) is 11.1 Å². The lowest BCUT2D eigenvalue weighted by Gasteiger charge is -2.20. The fraction of sp³-hybridized carbons (Fsp3) is 0.263. The van der Waals surface area contributed by atoms with Gasteiger partial charge in [0.15, 0.2) is 0 Å². The van der Waals surface area contributed by atoms with Crippen LogP contribution in [0.4, 0.5) is 26.7 Å². The van der Waals surface area contributed by atoms with Crippen LogP contribution in [-0.4, -0.2) is 31.7 Å². The van der Waals surface area contributed by atoms with Crippen molar-refractivity contribution in [3.05, 3.63) is 53.6 Å². The number of carbonyl (C=O) groups is 2. The van der Waals surface area contributed by atoms with Gasteiger partial charge in [-0.2, -0.15) is 0 Å². The summed E-state index contributed by atoms with van der Waals surface area (Å²) in [6.45, 7) is 3.98. The van der Waals surface area contributed by atoms with Crippen molar-refractivity contribution in [2.24, 2.45) is 0 Å². The summed E-state index contributed by atoms with van der Waals surface area (Å²) in [5.74, 6) is 0. The molecule has 0 aromatic heterocycles. The lowest BCUT2D eigenvalue weighted by molar-refractivity contribution is 0.252. The second-order valence-electron chi connectivity index (χ2n) is 6.40. The molecule has 0 atom stereocenters. The second-order valence-corrected chi connectivity index (χ2v) is 6.40. The number of nitrogens with one attached hydrogen (secondary N) is 2. The van der Waals surface area contributed by atoms with E-state index >= 15 is 0 Å². The summed E-state index contributed by atoms with van der Waals surface area (Å²) in [7, 11) is 0. The minimum Gasteiger partial charge on any atom is -0.336 e. The van der Waals surface area contributed by atoms with E-state index in [4.69, 9.17) is 0 Å². The van der Waals surface area contributed by atoms with Gasteiger partial charge < -0.3 is 10.6 Å². The third-order valence-electron chi connectivity index (χ3n) is 4.65. The maximum atomic E-state index is 12.7. The SMILES string of the molecule is Cc1ccc2c(c1)N(C(=O)Nc1cccc(N3CCNC3=O)c1)CC2. The highest BCUT2D eigenvalue weighted by molar-refractivity contribution is 6.03. The van der Waals surface area contributed by atoms with E-state index in [1.165, 1.54) is 5.56 Å². The minimum atomic E-state index is -0.146. The number of nitrogens with zero attached hydrogens (tertiary/aromatic N) is 2. The topological polar surface area (TPSA) is 64.7 Å². The third-order valence-corrected chi connectivity index (χ3v) is 4.65. The first-order chi connectivity index (χ1) is 12.1. The number of hydrogen-bond acceptors (Lipinski definition) is 2. The Morgan fingerprint density at radius 1 is 1.16 bits per heavy atom. The van der Waals surface area contributed by atoms with Crippen molar-refractivity contribution in [2.45, 2.75) is 13.3 Å². The number of aryl methyl sites for hydroxylation is 1. The standard InChI is InChI=1S/C19H20N4O2/c1-13-5-6-14-7-9-23(17(14)11-13)19(25)21-15-3-2-4-16(12-15)22-10-8-20-18(22)24/h2-6,11-12H,7-10H2,1H3,(H,20,24)(H,21,25). The molecule has 128 valence electrons. The van der Waals surface area contributed by atoms with Crippen molar-refractivity contribution in [2.75, 3.05) is 34.8 Å². The summed E-state index contributed by atoms with van der Waals surface area (Å²) in [6, 6.07) is 13.3. The maximum absolute atomic E-state index is 12.7.